The van der Waals surface area contributed by atoms with Gasteiger partial charge in [-0.1, -0.05) is 47.7 Å². The van der Waals surface area contributed by atoms with E-state index in [4.69, 9.17) is 4.74 Å². The van der Waals surface area contributed by atoms with Crippen molar-refractivity contribution in [1.29, 1.82) is 0 Å². The average Bonchev–Trinajstić information content (AvgIpc) is 3.15. The van der Waals surface area contributed by atoms with Crippen molar-refractivity contribution in [2.24, 2.45) is 0 Å². The Kier molecular flexibility index (Phi) is 13.0. The first kappa shape index (κ1) is 29.4. The van der Waals surface area contributed by atoms with Crippen LogP contribution < -0.4 is 10.2 Å². The number of H-pyrrole nitrogens is 1. The SMILES string of the molecule is Cl.Cl.O=c1[nH]c2c(O)ccc(CCNCCS(=O)(=O)CCCOCCc3ccccc3)c2s1. The Hall–Kier alpha value is -1.62. The molecule has 11 heteroatoms. The number of rotatable bonds is 13. The highest BCUT2D eigenvalue weighted by molar-refractivity contribution is 7.91. The van der Waals surface area contributed by atoms with Crippen LogP contribution in [0.25, 0.3) is 10.2 Å². The Morgan fingerprint density at radius 2 is 1.73 bits per heavy atom. The minimum Gasteiger partial charge on any atom is -0.506 e. The second-order valence-electron chi connectivity index (χ2n) is 7.32. The van der Waals surface area contributed by atoms with Crippen LogP contribution in [0.2, 0.25) is 0 Å². The molecule has 0 unspecified atom stereocenters. The summed E-state index contributed by atoms with van der Waals surface area (Å²) in [6, 6.07) is 13.4. The molecule has 0 aliphatic rings. The highest BCUT2D eigenvalue weighted by Crippen LogP contribution is 2.27. The standard InChI is InChI=1S/C22H28N2O5S2.2ClH/c25-19-8-7-18(21-20(19)24-22(26)30-21)9-11-23-12-16-31(27,28)15-4-13-29-14-10-17-5-2-1-3-6-17;;/h1-3,5-8,23,25H,4,9-16H2,(H,24,26);2*1H. The van der Waals surface area contributed by atoms with Crippen molar-refractivity contribution in [3.05, 3.63) is 63.3 Å². The Morgan fingerprint density at radius 1 is 0.970 bits per heavy atom. The van der Waals surface area contributed by atoms with Crippen LogP contribution in [0.4, 0.5) is 0 Å². The molecule has 3 aromatic rings. The molecule has 0 saturated carbocycles. The summed E-state index contributed by atoms with van der Waals surface area (Å²) in [6.07, 6.45) is 1.96. The zero-order valence-electron chi connectivity index (χ0n) is 18.1. The number of nitrogens with one attached hydrogen (secondary N) is 2. The number of aromatic amines is 1. The van der Waals surface area contributed by atoms with Crippen LogP contribution in [0.1, 0.15) is 17.5 Å². The normalized spacial score (nSPS) is 11.2. The summed E-state index contributed by atoms with van der Waals surface area (Å²) in [5.74, 6) is 0.260. The number of phenols is 1. The number of hydrogen-bond acceptors (Lipinski definition) is 7. The molecule has 0 bridgehead atoms. The zero-order valence-corrected chi connectivity index (χ0v) is 21.4. The van der Waals surface area contributed by atoms with Crippen LogP contribution in [0, 0.1) is 0 Å². The van der Waals surface area contributed by atoms with E-state index in [0.717, 1.165) is 28.0 Å². The van der Waals surface area contributed by atoms with Crippen molar-refractivity contribution >= 4 is 56.2 Å². The van der Waals surface area contributed by atoms with Gasteiger partial charge in [-0.2, -0.15) is 0 Å². The van der Waals surface area contributed by atoms with E-state index in [0.29, 0.717) is 44.7 Å². The van der Waals surface area contributed by atoms with Crippen molar-refractivity contribution in [3.8, 4) is 5.75 Å². The number of aromatic nitrogens is 1. The Morgan fingerprint density at radius 3 is 2.48 bits per heavy atom. The smallest absolute Gasteiger partial charge is 0.305 e. The van der Waals surface area contributed by atoms with E-state index in [2.05, 4.69) is 10.3 Å². The van der Waals surface area contributed by atoms with E-state index in [1.807, 2.05) is 30.3 Å². The fraction of sp³-hybridized carbons (Fsp3) is 0.409. The minimum absolute atomic E-state index is 0. The van der Waals surface area contributed by atoms with Gasteiger partial charge in [0.15, 0.2) is 9.84 Å². The van der Waals surface area contributed by atoms with Crippen molar-refractivity contribution < 1.29 is 18.3 Å². The van der Waals surface area contributed by atoms with Gasteiger partial charge in [-0.3, -0.25) is 4.79 Å². The largest absolute Gasteiger partial charge is 0.506 e. The molecule has 0 amide bonds. The maximum atomic E-state index is 12.2. The first-order valence-corrected chi connectivity index (χ1v) is 12.9. The van der Waals surface area contributed by atoms with E-state index in [9.17, 15) is 18.3 Å². The lowest BCUT2D eigenvalue weighted by Gasteiger charge is -2.08. The first-order chi connectivity index (χ1) is 14.9. The van der Waals surface area contributed by atoms with Crippen molar-refractivity contribution in [2.75, 3.05) is 37.8 Å². The topological polar surface area (TPSA) is 108 Å². The number of hydrogen-bond donors (Lipinski definition) is 3. The summed E-state index contributed by atoms with van der Waals surface area (Å²) in [6.45, 7) is 1.99. The van der Waals surface area contributed by atoms with Gasteiger partial charge in [-0.15, -0.1) is 24.8 Å². The number of halogens is 2. The third kappa shape index (κ3) is 9.64. The van der Waals surface area contributed by atoms with E-state index >= 15 is 0 Å². The number of ether oxygens (including phenoxy) is 1. The zero-order chi connectivity index (χ0) is 22.1. The number of phenolic OH excluding ortho intramolecular Hbond substituents is 1. The van der Waals surface area contributed by atoms with Crippen LogP contribution >= 0.6 is 36.2 Å². The lowest BCUT2D eigenvalue weighted by atomic mass is 10.1. The molecular weight excluding hydrogens is 507 g/mol. The average molecular weight is 538 g/mol. The second kappa shape index (κ2) is 14.6. The molecule has 2 aromatic carbocycles. The van der Waals surface area contributed by atoms with Gasteiger partial charge in [0.25, 0.3) is 0 Å². The molecular formula is C22H30Cl2N2O5S2. The molecule has 0 aliphatic carbocycles. The summed E-state index contributed by atoms with van der Waals surface area (Å²) in [5, 5.41) is 13.0. The van der Waals surface area contributed by atoms with E-state index in [1.54, 1.807) is 12.1 Å². The van der Waals surface area contributed by atoms with Crippen molar-refractivity contribution in [1.82, 2.24) is 10.3 Å². The van der Waals surface area contributed by atoms with Gasteiger partial charge in [0.05, 0.1) is 22.8 Å². The molecule has 0 aliphatic heterocycles. The summed E-state index contributed by atoms with van der Waals surface area (Å²) in [7, 11) is -3.12. The molecule has 33 heavy (non-hydrogen) atoms. The van der Waals surface area contributed by atoms with Gasteiger partial charge < -0.3 is 20.1 Å². The number of thiazole rings is 1. The monoisotopic (exact) mass is 536 g/mol. The summed E-state index contributed by atoms with van der Waals surface area (Å²) >= 11 is 1.07. The lowest BCUT2D eigenvalue weighted by molar-refractivity contribution is 0.138. The molecule has 184 valence electrons. The maximum absolute atomic E-state index is 12.2. The van der Waals surface area contributed by atoms with Gasteiger partial charge in [-0.05, 0) is 43.0 Å². The quantitative estimate of drug-likeness (QED) is 0.289. The van der Waals surface area contributed by atoms with Gasteiger partial charge in [0, 0.05) is 13.2 Å². The molecule has 0 atom stereocenters. The molecule has 0 saturated heterocycles. The highest BCUT2D eigenvalue weighted by Gasteiger charge is 2.11. The van der Waals surface area contributed by atoms with Crippen LogP contribution in [0.5, 0.6) is 5.75 Å². The molecule has 1 aromatic heterocycles. The van der Waals surface area contributed by atoms with Crippen LogP contribution in [-0.4, -0.2) is 56.3 Å². The third-order valence-corrected chi connectivity index (χ3v) is 7.62. The van der Waals surface area contributed by atoms with Gasteiger partial charge >= 0.3 is 4.87 Å². The van der Waals surface area contributed by atoms with Crippen LogP contribution in [0.15, 0.2) is 47.3 Å². The Bertz CT molecular complexity index is 1130. The second-order valence-corrected chi connectivity index (χ2v) is 10.6. The van der Waals surface area contributed by atoms with Gasteiger partial charge in [-0.25, -0.2) is 8.42 Å². The lowest BCUT2D eigenvalue weighted by Crippen LogP contribution is -2.26. The summed E-state index contributed by atoms with van der Waals surface area (Å²) in [4.78, 5) is 14.0. The summed E-state index contributed by atoms with van der Waals surface area (Å²) in [5.41, 5.74) is 2.61. The Labute approximate surface area is 210 Å². The van der Waals surface area contributed by atoms with Gasteiger partial charge in [0.1, 0.15) is 11.3 Å². The predicted molar refractivity (Wildman–Crippen MR) is 139 cm³/mol. The van der Waals surface area contributed by atoms with Crippen LogP contribution in [-0.2, 0) is 27.4 Å². The molecule has 3 N–H and O–H groups in total. The fourth-order valence-electron chi connectivity index (χ4n) is 3.27. The van der Waals surface area contributed by atoms with E-state index < -0.39 is 9.84 Å². The molecule has 3 rings (SSSR count). The number of benzene rings is 2. The third-order valence-electron chi connectivity index (χ3n) is 4.92. The molecule has 1 heterocycles. The minimum atomic E-state index is -3.12. The van der Waals surface area contributed by atoms with E-state index in [-0.39, 0.29) is 46.9 Å². The number of sulfone groups is 1. The number of fused-ring (bicyclic) bond motifs is 1. The molecule has 7 nitrogen and oxygen atoms in total. The van der Waals surface area contributed by atoms with Crippen molar-refractivity contribution in [3.63, 3.8) is 0 Å². The highest BCUT2D eigenvalue weighted by atomic mass is 35.5. The predicted octanol–water partition coefficient (Wildman–Crippen LogP) is 3.34. The number of aromatic hydroxyl groups is 1. The van der Waals surface area contributed by atoms with E-state index in [1.165, 1.54) is 5.56 Å². The first-order valence-electron chi connectivity index (χ1n) is 10.3. The molecule has 0 fully saturated rings. The molecule has 0 spiro atoms. The molecule has 0 radical (unpaired) electrons. The fourth-order valence-corrected chi connectivity index (χ4v) is 5.38. The maximum Gasteiger partial charge on any atom is 0.305 e. The van der Waals surface area contributed by atoms with Gasteiger partial charge in [0.2, 0.25) is 0 Å². The van der Waals surface area contributed by atoms with Crippen LogP contribution in [0.3, 0.4) is 0 Å². The summed E-state index contributed by atoms with van der Waals surface area (Å²) < 4.78 is 30.6. The Balaban J connectivity index is 0.00000272. The van der Waals surface area contributed by atoms with Crippen molar-refractivity contribution in [2.45, 2.75) is 19.3 Å².